The Hall–Kier alpha value is -0.910. The molecule has 0 bridgehead atoms. The number of carbonyl (C=O) groups is 1. The van der Waals surface area contributed by atoms with E-state index in [-0.39, 0.29) is 5.75 Å². The second-order valence-corrected chi connectivity index (χ2v) is 6.18. The molecule has 1 rings (SSSR count). The molecule has 1 N–H and O–H groups in total. The quantitative estimate of drug-likeness (QED) is 0.783. The molecule has 0 aliphatic heterocycles. The lowest BCUT2D eigenvalue weighted by Crippen LogP contribution is -2.33. The number of benzene rings is 1. The van der Waals surface area contributed by atoms with Crippen LogP contribution in [0.1, 0.15) is 31.4 Å². The first kappa shape index (κ1) is 15.1. The van der Waals surface area contributed by atoms with Gasteiger partial charge in [0.05, 0.1) is 5.75 Å². The lowest BCUT2D eigenvalue weighted by atomic mass is 10.1. The van der Waals surface area contributed by atoms with Crippen molar-refractivity contribution in [2.24, 2.45) is 0 Å². The van der Waals surface area contributed by atoms with Crippen LogP contribution in [0, 0.1) is 0 Å². The van der Waals surface area contributed by atoms with Crippen molar-refractivity contribution in [3.63, 3.8) is 0 Å². The Morgan fingerprint density at radius 2 is 1.94 bits per heavy atom. The molecule has 1 aromatic rings. The second-order valence-electron chi connectivity index (χ2n) is 3.94. The van der Waals surface area contributed by atoms with Gasteiger partial charge in [0.25, 0.3) is 0 Å². The van der Waals surface area contributed by atoms with Crippen molar-refractivity contribution in [3.05, 3.63) is 35.9 Å². The predicted octanol–water partition coefficient (Wildman–Crippen LogP) is 2.21. The maximum absolute atomic E-state index is 11.8. The minimum atomic E-state index is -3.49. The third-order valence-electron chi connectivity index (χ3n) is 2.42. The molecule has 0 aliphatic rings. The van der Waals surface area contributed by atoms with Crippen molar-refractivity contribution in [1.29, 1.82) is 0 Å². The number of sulfonamides is 1. The first-order valence-corrected chi connectivity index (χ1v) is 7.73. The van der Waals surface area contributed by atoms with Gasteiger partial charge in [0.2, 0.25) is 15.3 Å². The van der Waals surface area contributed by atoms with Crippen molar-refractivity contribution in [2.75, 3.05) is 5.75 Å². The monoisotopic (exact) mass is 289 g/mol. The number of halogens is 1. The highest BCUT2D eigenvalue weighted by molar-refractivity contribution is 7.89. The fraction of sp³-hybridized carbons (Fsp3) is 0.417. The molecule has 100 valence electrons. The zero-order valence-corrected chi connectivity index (χ0v) is 11.7. The topological polar surface area (TPSA) is 63.2 Å². The summed E-state index contributed by atoms with van der Waals surface area (Å²) in [6.45, 7) is 1.90. The Morgan fingerprint density at radius 1 is 1.33 bits per heavy atom. The SMILES string of the molecule is CCCCS(=O)(=O)NC(C(=O)Cl)c1ccccc1. The molecule has 0 aliphatic carbocycles. The number of hydrogen-bond acceptors (Lipinski definition) is 3. The molecular formula is C12H16ClNO3S. The van der Waals surface area contributed by atoms with Crippen LogP contribution < -0.4 is 4.72 Å². The highest BCUT2D eigenvalue weighted by Crippen LogP contribution is 2.17. The third-order valence-corrected chi connectivity index (χ3v) is 4.06. The largest absolute Gasteiger partial charge is 0.279 e. The Kier molecular flexibility index (Phi) is 5.78. The second kappa shape index (κ2) is 6.87. The molecule has 1 unspecified atom stereocenters. The maximum atomic E-state index is 11.8. The van der Waals surface area contributed by atoms with Gasteiger partial charge < -0.3 is 0 Å². The van der Waals surface area contributed by atoms with E-state index in [0.29, 0.717) is 12.0 Å². The van der Waals surface area contributed by atoms with Crippen molar-refractivity contribution in [2.45, 2.75) is 25.8 Å². The minimum absolute atomic E-state index is 0.00297. The van der Waals surface area contributed by atoms with E-state index in [1.54, 1.807) is 30.3 Å². The van der Waals surface area contributed by atoms with Crippen LogP contribution in [0.15, 0.2) is 30.3 Å². The lowest BCUT2D eigenvalue weighted by molar-refractivity contribution is -0.113. The van der Waals surface area contributed by atoms with E-state index in [1.165, 1.54) is 0 Å². The van der Waals surface area contributed by atoms with E-state index in [0.717, 1.165) is 6.42 Å². The molecule has 1 atom stereocenters. The van der Waals surface area contributed by atoms with Crippen molar-refractivity contribution in [3.8, 4) is 0 Å². The molecule has 6 heteroatoms. The number of unbranched alkanes of at least 4 members (excludes halogenated alkanes) is 1. The van der Waals surface area contributed by atoms with Crippen LogP contribution in [0.3, 0.4) is 0 Å². The highest BCUT2D eigenvalue weighted by Gasteiger charge is 2.24. The van der Waals surface area contributed by atoms with Crippen LogP contribution in [0.4, 0.5) is 0 Å². The fourth-order valence-corrected chi connectivity index (χ4v) is 3.10. The first-order chi connectivity index (χ1) is 8.46. The minimum Gasteiger partial charge on any atom is -0.279 e. The van der Waals surface area contributed by atoms with Gasteiger partial charge >= 0.3 is 0 Å². The molecular weight excluding hydrogens is 274 g/mol. The van der Waals surface area contributed by atoms with Gasteiger partial charge in [-0.25, -0.2) is 8.42 Å². The van der Waals surface area contributed by atoms with Crippen LogP contribution in [0.5, 0.6) is 0 Å². The van der Waals surface area contributed by atoms with Crippen molar-refractivity contribution in [1.82, 2.24) is 4.72 Å². The number of rotatable bonds is 7. The Bertz CT molecular complexity index is 487. The molecule has 1 aromatic carbocycles. The Morgan fingerprint density at radius 3 is 2.44 bits per heavy atom. The summed E-state index contributed by atoms with van der Waals surface area (Å²) < 4.78 is 25.8. The van der Waals surface area contributed by atoms with E-state index in [9.17, 15) is 13.2 Å². The van der Waals surface area contributed by atoms with Crippen LogP contribution in [0.25, 0.3) is 0 Å². The van der Waals surface area contributed by atoms with E-state index >= 15 is 0 Å². The highest BCUT2D eigenvalue weighted by atomic mass is 35.5. The van der Waals surface area contributed by atoms with E-state index in [2.05, 4.69) is 4.72 Å². The average Bonchev–Trinajstić information content (AvgIpc) is 2.34. The van der Waals surface area contributed by atoms with Crippen LogP contribution in [-0.2, 0) is 14.8 Å². The molecule has 4 nitrogen and oxygen atoms in total. The molecule has 0 saturated heterocycles. The summed E-state index contributed by atoms with van der Waals surface area (Å²) in [7, 11) is -3.49. The van der Waals surface area contributed by atoms with Gasteiger partial charge in [-0.15, -0.1) is 0 Å². The summed E-state index contributed by atoms with van der Waals surface area (Å²) in [5.74, 6) is -0.00297. The summed E-state index contributed by atoms with van der Waals surface area (Å²) in [6, 6.07) is 7.53. The van der Waals surface area contributed by atoms with Crippen molar-refractivity contribution >= 4 is 26.9 Å². The molecule has 0 heterocycles. The Labute approximate surface area is 112 Å². The van der Waals surface area contributed by atoms with Crippen LogP contribution in [0.2, 0.25) is 0 Å². The van der Waals surface area contributed by atoms with E-state index < -0.39 is 21.3 Å². The van der Waals surface area contributed by atoms with Gasteiger partial charge in [0, 0.05) is 0 Å². The average molecular weight is 290 g/mol. The van der Waals surface area contributed by atoms with E-state index in [4.69, 9.17) is 11.6 Å². The number of hydrogen-bond donors (Lipinski definition) is 1. The molecule has 0 amide bonds. The lowest BCUT2D eigenvalue weighted by Gasteiger charge is -2.15. The van der Waals surface area contributed by atoms with Gasteiger partial charge in [-0.3, -0.25) is 4.79 Å². The molecule has 0 aromatic heterocycles. The number of nitrogens with one attached hydrogen (secondary N) is 1. The maximum Gasteiger partial charge on any atom is 0.244 e. The zero-order chi connectivity index (χ0) is 13.6. The summed E-state index contributed by atoms with van der Waals surface area (Å²) >= 11 is 5.45. The van der Waals surface area contributed by atoms with Crippen LogP contribution in [-0.4, -0.2) is 19.4 Å². The molecule has 18 heavy (non-hydrogen) atoms. The summed E-state index contributed by atoms with van der Waals surface area (Å²) in [5.41, 5.74) is 0.539. The molecule has 0 spiro atoms. The first-order valence-electron chi connectivity index (χ1n) is 5.70. The van der Waals surface area contributed by atoms with Gasteiger partial charge in [0.1, 0.15) is 6.04 Å². The van der Waals surface area contributed by atoms with Gasteiger partial charge in [-0.2, -0.15) is 4.72 Å². The molecule has 0 radical (unpaired) electrons. The van der Waals surface area contributed by atoms with E-state index in [1.807, 2.05) is 6.92 Å². The third kappa shape index (κ3) is 4.76. The van der Waals surface area contributed by atoms with Crippen LogP contribution >= 0.6 is 11.6 Å². The smallest absolute Gasteiger partial charge is 0.244 e. The molecule has 0 fully saturated rings. The zero-order valence-electron chi connectivity index (χ0n) is 10.1. The normalized spacial score (nSPS) is 13.2. The van der Waals surface area contributed by atoms with Crippen molar-refractivity contribution < 1.29 is 13.2 Å². The van der Waals surface area contributed by atoms with Gasteiger partial charge in [-0.05, 0) is 23.6 Å². The van der Waals surface area contributed by atoms with Gasteiger partial charge in [0.15, 0.2) is 0 Å². The summed E-state index contributed by atoms with van der Waals surface area (Å²) in [5, 5.41) is -0.735. The standard InChI is InChI=1S/C12H16ClNO3S/c1-2-3-9-18(16,17)14-11(12(13)15)10-7-5-4-6-8-10/h4-8,11,14H,2-3,9H2,1H3. The fourth-order valence-electron chi connectivity index (χ4n) is 1.46. The summed E-state index contributed by atoms with van der Waals surface area (Å²) in [6.07, 6.45) is 1.32. The summed E-state index contributed by atoms with van der Waals surface area (Å²) in [4.78, 5) is 11.3. The number of carbonyl (C=O) groups excluding carboxylic acids is 1. The predicted molar refractivity (Wildman–Crippen MR) is 71.9 cm³/mol. The Balaban J connectivity index is 2.86. The van der Waals surface area contributed by atoms with Gasteiger partial charge in [-0.1, -0.05) is 43.7 Å². The molecule has 0 saturated carbocycles.